The summed E-state index contributed by atoms with van der Waals surface area (Å²) in [7, 11) is 0. The minimum atomic E-state index is -0.871. The molecule has 0 bridgehead atoms. The normalized spacial score (nSPS) is 17.6. The first kappa shape index (κ1) is 13.4. The van der Waals surface area contributed by atoms with Gasteiger partial charge in [-0.05, 0) is 29.9 Å². The van der Waals surface area contributed by atoms with E-state index in [9.17, 15) is 19.8 Å². The number of rotatable bonds is 1. The standard InChI is InChI=1S/C16H14O5/c1-8(17)21-12-6-5-10-7-9-3-2-4-11(18)13(9)16(20)14(10)15(12)19/h2-4,7,12,18,20H,5-6H2,1H3/t12-/m1/s1. The Hall–Kier alpha value is -2.56. The van der Waals surface area contributed by atoms with Gasteiger partial charge in [0.1, 0.15) is 11.5 Å². The lowest BCUT2D eigenvalue weighted by atomic mass is 9.85. The van der Waals surface area contributed by atoms with Crippen molar-refractivity contribution < 1.29 is 24.5 Å². The summed E-state index contributed by atoms with van der Waals surface area (Å²) in [5.74, 6) is -1.29. The number of carbonyl (C=O) groups excluding carboxylic acids is 2. The lowest BCUT2D eigenvalue weighted by Gasteiger charge is -2.24. The van der Waals surface area contributed by atoms with Crippen molar-refractivity contribution in [1.29, 1.82) is 0 Å². The highest BCUT2D eigenvalue weighted by Crippen LogP contribution is 2.40. The predicted molar refractivity (Wildman–Crippen MR) is 75.5 cm³/mol. The summed E-state index contributed by atoms with van der Waals surface area (Å²) in [6.45, 7) is 1.24. The molecule has 21 heavy (non-hydrogen) atoms. The number of aromatic hydroxyl groups is 2. The van der Waals surface area contributed by atoms with Gasteiger partial charge in [-0.1, -0.05) is 18.2 Å². The second-order valence-electron chi connectivity index (χ2n) is 5.14. The topological polar surface area (TPSA) is 83.8 Å². The van der Waals surface area contributed by atoms with Crippen molar-refractivity contribution in [2.45, 2.75) is 25.9 Å². The zero-order valence-electron chi connectivity index (χ0n) is 11.4. The van der Waals surface area contributed by atoms with E-state index < -0.39 is 17.9 Å². The maximum Gasteiger partial charge on any atom is 0.303 e. The first-order valence-electron chi connectivity index (χ1n) is 6.67. The third-order valence-electron chi connectivity index (χ3n) is 3.72. The average molecular weight is 286 g/mol. The second kappa shape index (κ2) is 4.77. The van der Waals surface area contributed by atoms with Gasteiger partial charge in [-0.25, -0.2) is 0 Å². The first-order valence-corrected chi connectivity index (χ1v) is 6.67. The second-order valence-corrected chi connectivity index (χ2v) is 5.14. The number of hydrogen-bond donors (Lipinski definition) is 2. The van der Waals surface area contributed by atoms with Crippen molar-refractivity contribution in [3.8, 4) is 11.5 Å². The summed E-state index contributed by atoms with van der Waals surface area (Å²) < 4.78 is 5.00. The van der Waals surface area contributed by atoms with Crippen molar-refractivity contribution in [2.75, 3.05) is 0 Å². The Kier molecular flexibility index (Phi) is 3.05. The van der Waals surface area contributed by atoms with Crippen LogP contribution in [0, 0.1) is 0 Å². The van der Waals surface area contributed by atoms with E-state index in [0.717, 1.165) is 0 Å². The van der Waals surface area contributed by atoms with E-state index in [-0.39, 0.29) is 22.4 Å². The Labute approximate surface area is 120 Å². The van der Waals surface area contributed by atoms with E-state index in [4.69, 9.17) is 4.74 Å². The Bertz CT molecular complexity index is 763. The fourth-order valence-corrected chi connectivity index (χ4v) is 2.84. The predicted octanol–water partition coefficient (Wildman–Crippen LogP) is 2.31. The molecule has 5 heteroatoms. The van der Waals surface area contributed by atoms with Gasteiger partial charge < -0.3 is 14.9 Å². The van der Waals surface area contributed by atoms with E-state index in [2.05, 4.69) is 0 Å². The largest absolute Gasteiger partial charge is 0.507 e. The third-order valence-corrected chi connectivity index (χ3v) is 3.72. The summed E-state index contributed by atoms with van der Waals surface area (Å²) in [5, 5.41) is 21.2. The zero-order valence-corrected chi connectivity index (χ0v) is 11.4. The highest BCUT2D eigenvalue weighted by atomic mass is 16.5. The van der Waals surface area contributed by atoms with E-state index in [1.807, 2.05) is 0 Å². The quantitative estimate of drug-likeness (QED) is 0.786. The highest BCUT2D eigenvalue weighted by Gasteiger charge is 2.33. The number of ketones is 1. The van der Waals surface area contributed by atoms with Gasteiger partial charge in [-0.3, -0.25) is 9.59 Å². The van der Waals surface area contributed by atoms with Gasteiger partial charge >= 0.3 is 5.97 Å². The molecule has 0 aromatic heterocycles. The number of fused-ring (bicyclic) bond motifs is 2. The molecule has 3 rings (SSSR count). The molecular weight excluding hydrogens is 272 g/mol. The molecule has 0 fully saturated rings. The summed E-state index contributed by atoms with van der Waals surface area (Å²) in [6.07, 6.45) is 0.0529. The van der Waals surface area contributed by atoms with Gasteiger partial charge in [-0.2, -0.15) is 0 Å². The van der Waals surface area contributed by atoms with E-state index >= 15 is 0 Å². The summed E-state index contributed by atoms with van der Waals surface area (Å²) in [5.41, 5.74) is 0.848. The number of Topliss-reactive ketones (excluding diaryl/α,β-unsaturated/α-hetero) is 1. The van der Waals surface area contributed by atoms with Crippen LogP contribution in [0.1, 0.15) is 29.3 Å². The summed E-state index contributed by atoms with van der Waals surface area (Å²) in [4.78, 5) is 23.5. The minimum absolute atomic E-state index is 0.0878. The summed E-state index contributed by atoms with van der Waals surface area (Å²) in [6, 6.07) is 6.67. The molecule has 1 aliphatic rings. The number of esters is 1. The van der Waals surface area contributed by atoms with E-state index in [0.29, 0.717) is 23.8 Å². The Morgan fingerprint density at radius 3 is 2.81 bits per heavy atom. The molecule has 0 aliphatic heterocycles. The molecule has 0 unspecified atom stereocenters. The SMILES string of the molecule is CC(=O)O[C@@H]1CCc2cc3cccc(O)c3c(O)c2C1=O. The lowest BCUT2D eigenvalue weighted by Crippen LogP contribution is -2.31. The Morgan fingerprint density at radius 2 is 2.10 bits per heavy atom. The lowest BCUT2D eigenvalue weighted by molar-refractivity contribution is -0.144. The molecule has 0 amide bonds. The van der Waals surface area contributed by atoms with Gasteiger partial charge in [0.15, 0.2) is 6.10 Å². The monoisotopic (exact) mass is 286 g/mol. The molecule has 0 saturated heterocycles. The fraction of sp³-hybridized carbons (Fsp3) is 0.250. The van der Waals surface area contributed by atoms with Crippen LogP contribution in [0.3, 0.4) is 0 Å². The van der Waals surface area contributed by atoms with Crippen LogP contribution in [0.25, 0.3) is 10.8 Å². The van der Waals surface area contributed by atoms with Crippen molar-refractivity contribution in [2.24, 2.45) is 0 Å². The number of phenols is 2. The van der Waals surface area contributed by atoms with Gasteiger partial charge in [0.2, 0.25) is 5.78 Å². The van der Waals surface area contributed by atoms with Gasteiger partial charge in [0.25, 0.3) is 0 Å². The van der Waals surface area contributed by atoms with E-state index in [1.54, 1.807) is 18.2 Å². The molecule has 0 saturated carbocycles. The first-order chi connectivity index (χ1) is 9.99. The molecule has 108 valence electrons. The van der Waals surface area contributed by atoms with Crippen molar-refractivity contribution in [3.05, 3.63) is 35.4 Å². The third kappa shape index (κ3) is 2.11. The van der Waals surface area contributed by atoms with Crippen LogP contribution >= 0.6 is 0 Å². The molecule has 1 aliphatic carbocycles. The average Bonchev–Trinajstić information content (AvgIpc) is 2.41. The number of carbonyl (C=O) groups is 2. The van der Waals surface area contributed by atoms with Crippen molar-refractivity contribution >= 4 is 22.5 Å². The zero-order chi connectivity index (χ0) is 15.1. The smallest absolute Gasteiger partial charge is 0.303 e. The molecular formula is C16H14O5. The minimum Gasteiger partial charge on any atom is -0.507 e. The van der Waals surface area contributed by atoms with Crippen LogP contribution in [-0.2, 0) is 16.0 Å². The molecule has 0 spiro atoms. The number of phenolic OH excluding ortho intramolecular Hbond substituents is 2. The maximum absolute atomic E-state index is 12.4. The van der Waals surface area contributed by atoms with Crippen LogP contribution in [0.5, 0.6) is 11.5 Å². The van der Waals surface area contributed by atoms with Crippen LogP contribution in [-0.4, -0.2) is 28.1 Å². The van der Waals surface area contributed by atoms with E-state index in [1.165, 1.54) is 13.0 Å². The van der Waals surface area contributed by atoms with Crippen molar-refractivity contribution in [3.63, 3.8) is 0 Å². The fourth-order valence-electron chi connectivity index (χ4n) is 2.84. The molecule has 0 heterocycles. The van der Waals surface area contributed by atoms with Crippen LogP contribution < -0.4 is 0 Å². The van der Waals surface area contributed by atoms with Crippen LogP contribution in [0.4, 0.5) is 0 Å². The summed E-state index contributed by atoms with van der Waals surface area (Å²) >= 11 is 0. The Balaban J connectivity index is 2.19. The van der Waals surface area contributed by atoms with Gasteiger partial charge in [0, 0.05) is 6.92 Å². The van der Waals surface area contributed by atoms with Crippen molar-refractivity contribution in [1.82, 2.24) is 0 Å². The number of hydrogen-bond acceptors (Lipinski definition) is 5. The number of aryl methyl sites for hydroxylation is 1. The van der Waals surface area contributed by atoms with Crippen LogP contribution in [0.2, 0.25) is 0 Å². The number of benzene rings is 2. The molecule has 0 radical (unpaired) electrons. The molecule has 2 N–H and O–H groups in total. The molecule has 1 atom stereocenters. The maximum atomic E-state index is 12.4. The number of ether oxygens (including phenoxy) is 1. The Morgan fingerprint density at radius 1 is 1.33 bits per heavy atom. The van der Waals surface area contributed by atoms with Gasteiger partial charge in [-0.15, -0.1) is 0 Å². The highest BCUT2D eigenvalue weighted by molar-refractivity contribution is 6.10. The molecule has 2 aromatic rings. The molecule has 2 aromatic carbocycles. The van der Waals surface area contributed by atoms with Crippen LogP contribution in [0.15, 0.2) is 24.3 Å². The van der Waals surface area contributed by atoms with Gasteiger partial charge in [0.05, 0.1) is 10.9 Å². The molecule has 5 nitrogen and oxygen atoms in total.